The van der Waals surface area contributed by atoms with Crippen molar-refractivity contribution in [3.05, 3.63) is 158 Å². The summed E-state index contributed by atoms with van der Waals surface area (Å²) in [5.74, 6) is 0. The molecule has 5 heteroatoms. The summed E-state index contributed by atoms with van der Waals surface area (Å²) in [5.41, 5.74) is 7.34. The first kappa shape index (κ1) is 28.3. The molecule has 0 atom stereocenters. The lowest BCUT2D eigenvalue weighted by atomic mass is 9.91. The maximum Gasteiger partial charge on any atom is 0.0616 e. The molecular weight excluding hydrogens is 677 g/mol. The van der Waals surface area contributed by atoms with Crippen LogP contribution in [0.25, 0.3) is 52.5 Å². The average Bonchev–Trinajstić information content (AvgIpc) is 3.54. The molecule has 0 N–H and O–H groups in total. The van der Waals surface area contributed by atoms with Gasteiger partial charge in [0.2, 0.25) is 0 Å². The van der Waals surface area contributed by atoms with Gasteiger partial charge in [-0.3, -0.25) is 0 Å². The minimum atomic E-state index is 1.21. The van der Waals surface area contributed by atoms with Crippen LogP contribution < -0.4 is 9.80 Å². The van der Waals surface area contributed by atoms with Crippen LogP contribution in [0.15, 0.2) is 177 Å². The van der Waals surface area contributed by atoms with Crippen LogP contribution in [-0.4, -0.2) is 0 Å². The molecule has 0 bridgehead atoms. The average molecular weight is 703 g/mol. The molecule has 2 nitrogen and oxygen atoms in total. The lowest BCUT2D eigenvalue weighted by molar-refractivity contribution is 1.17. The fraction of sp³-hybridized carbons (Fsp3) is 0. The third-order valence-electron chi connectivity index (χ3n) is 10.6. The van der Waals surface area contributed by atoms with E-state index in [4.69, 9.17) is 0 Å². The molecule has 1 aromatic heterocycles. The van der Waals surface area contributed by atoms with Gasteiger partial charge in [0.1, 0.15) is 0 Å². The van der Waals surface area contributed by atoms with Gasteiger partial charge in [0.15, 0.2) is 0 Å². The molecule has 0 aliphatic carbocycles. The molecule has 0 unspecified atom stereocenters. The first-order chi connectivity index (χ1) is 25.3. The Hall–Kier alpha value is -5.46. The van der Waals surface area contributed by atoms with Gasteiger partial charge in [-0.05, 0) is 88.3 Å². The minimum absolute atomic E-state index is 1.21. The molecule has 51 heavy (non-hydrogen) atoms. The Morgan fingerprint density at radius 1 is 0.314 bits per heavy atom. The Labute approximate surface area is 306 Å². The fourth-order valence-electron chi connectivity index (χ4n) is 8.36. The zero-order valence-electron chi connectivity index (χ0n) is 27.1. The molecule has 10 aromatic rings. The number of anilines is 6. The summed E-state index contributed by atoms with van der Waals surface area (Å²) < 4.78 is 2.66. The van der Waals surface area contributed by atoms with E-state index in [1.165, 1.54) is 106 Å². The largest absolute Gasteiger partial charge is 0.308 e. The molecular formula is C46H26N2S3. The lowest BCUT2D eigenvalue weighted by Gasteiger charge is -2.35. The first-order valence-electron chi connectivity index (χ1n) is 17.2. The smallest absolute Gasteiger partial charge is 0.0616 e. The van der Waals surface area contributed by atoms with Gasteiger partial charge in [-0.2, -0.15) is 0 Å². The summed E-state index contributed by atoms with van der Waals surface area (Å²) in [4.78, 5) is 10.1. The van der Waals surface area contributed by atoms with Crippen molar-refractivity contribution in [1.82, 2.24) is 0 Å². The van der Waals surface area contributed by atoms with Gasteiger partial charge in [-0.15, -0.1) is 11.3 Å². The van der Waals surface area contributed by atoms with Crippen LogP contribution in [0.5, 0.6) is 0 Å². The Kier molecular flexibility index (Phi) is 5.84. The molecule has 3 heterocycles. The third-order valence-corrected chi connectivity index (χ3v) is 13.9. The van der Waals surface area contributed by atoms with E-state index < -0.39 is 0 Å². The number of fused-ring (bicyclic) bond motifs is 7. The molecule has 9 aromatic carbocycles. The Bertz CT molecular complexity index is 3020. The van der Waals surface area contributed by atoms with Crippen LogP contribution in [0.4, 0.5) is 34.1 Å². The van der Waals surface area contributed by atoms with Crippen molar-refractivity contribution in [3.63, 3.8) is 0 Å². The van der Waals surface area contributed by atoms with Gasteiger partial charge < -0.3 is 9.80 Å². The molecule has 2 aliphatic heterocycles. The summed E-state index contributed by atoms with van der Waals surface area (Å²) in [5, 5.41) is 10.4. The van der Waals surface area contributed by atoms with Crippen molar-refractivity contribution < 1.29 is 0 Å². The zero-order chi connectivity index (χ0) is 33.2. The molecule has 0 fully saturated rings. The SMILES string of the molecule is c1ccc2c(c1)Sc1ccccc1N2c1ccc2ccc3c(N4c5ccccc5Sc5cc6c(cc54)sc4ccccc46)ccc4ccc1c2c43. The van der Waals surface area contributed by atoms with Gasteiger partial charge in [-0.25, -0.2) is 0 Å². The van der Waals surface area contributed by atoms with Crippen LogP contribution in [0.2, 0.25) is 0 Å². The monoisotopic (exact) mass is 702 g/mol. The second-order valence-electron chi connectivity index (χ2n) is 13.3. The summed E-state index contributed by atoms with van der Waals surface area (Å²) >= 11 is 5.62. The topological polar surface area (TPSA) is 6.48 Å². The second kappa shape index (κ2) is 10.5. The van der Waals surface area contributed by atoms with Gasteiger partial charge >= 0.3 is 0 Å². The van der Waals surface area contributed by atoms with E-state index in [0.717, 1.165) is 0 Å². The highest BCUT2D eigenvalue weighted by molar-refractivity contribution is 8.00. The van der Waals surface area contributed by atoms with E-state index in [1.54, 1.807) is 0 Å². The predicted octanol–water partition coefficient (Wildman–Crippen LogP) is 14.8. The maximum atomic E-state index is 2.52. The number of thiophene rings is 1. The van der Waals surface area contributed by atoms with Gasteiger partial charge in [-0.1, -0.05) is 115 Å². The second-order valence-corrected chi connectivity index (χ2v) is 16.5. The third kappa shape index (κ3) is 3.97. The summed E-state index contributed by atoms with van der Waals surface area (Å²) in [6.07, 6.45) is 0. The number of para-hydroxylation sites is 3. The van der Waals surface area contributed by atoms with Crippen LogP contribution in [0.3, 0.4) is 0 Å². The normalized spacial score (nSPS) is 13.6. The van der Waals surface area contributed by atoms with E-state index in [9.17, 15) is 0 Å². The Balaban J connectivity index is 1.13. The summed E-state index contributed by atoms with van der Waals surface area (Å²) in [6.45, 7) is 0. The first-order valence-corrected chi connectivity index (χ1v) is 19.6. The Morgan fingerprint density at radius 3 is 1.41 bits per heavy atom. The van der Waals surface area contributed by atoms with Crippen LogP contribution in [0.1, 0.15) is 0 Å². The van der Waals surface area contributed by atoms with E-state index in [-0.39, 0.29) is 0 Å². The molecule has 0 saturated carbocycles. The fourth-order valence-corrected chi connectivity index (χ4v) is 11.6. The van der Waals surface area contributed by atoms with E-state index >= 15 is 0 Å². The number of hydrogen-bond donors (Lipinski definition) is 0. The number of rotatable bonds is 2. The molecule has 2 aliphatic rings. The zero-order valence-corrected chi connectivity index (χ0v) is 29.6. The molecule has 0 saturated heterocycles. The van der Waals surface area contributed by atoms with Crippen molar-refractivity contribution in [3.8, 4) is 0 Å². The van der Waals surface area contributed by atoms with Crippen molar-refractivity contribution in [2.45, 2.75) is 19.6 Å². The van der Waals surface area contributed by atoms with E-state index in [0.29, 0.717) is 0 Å². The molecule has 0 amide bonds. The van der Waals surface area contributed by atoms with E-state index in [2.05, 4.69) is 168 Å². The van der Waals surface area contributed by atoms with Crippen LogP contribution >= 0.6 is 34.9 Å². The standard InChI is InChI=1S/C46H26N2S3/c1-5-13-39-29(9-1)32-25-44-38(26-43(32)49-39)48(37-12-4-8-16-42(37)51-44)34-24-20-28-17-21-30-33(23-19-27-18-22-31(34)46(28)45(27)30)47-35-10-2-6-14-40(35)50-41-15-7-3-11-36(41)47/h1-26H. The van der Waals surface area contributed by atoms with Crippen LogP contribution in [-0.2, 0) is 0 Å². The van der Waals surface area contributed by atoms with E-state index in [1.807, 2.05) is 34.9 Å². The molecule has 238 valence electrons. The summed E-state index contributed by atoms with van der Waals surface area (Å²) in [7, 11) is 0. The maximum absolute atomic E-state index is 2.52. The van der Waals surface area contributed by atoms with Gasteiger partial charge in [0, 0.05) is 50.5 Å². The molecule has 12 rings (SSSR count). The Morgan fingerprint density at radius 2 is 0.804 bits per heavy atom. The highest BCUT2D eigenvalue weighted by atomic mass is 32.2. The molecule has 0 spiro atoms. The van der Waals surface area contributed by atoms with Gasteiger partial charge in [0.05, 0.1) is 34.1 Å². The van der Waals surface area contributed by atoms with Crippen molar-refractivity contribution in [2.75, 3.05) is 9.80 Å². The number of benzene rings is 9. The highest BCUT2D eigenvalue weighted by Crippen LogP contribution is 2.57. The summed E-state index contributed by atoms with van der Waals surface area (Å²) in [6, 6.07) is 58.7. The number of nitrogens with zero attached hydrogens (tertiary/aromatic N) is 2. The van der Waals surface area contributed by atoms with Gasteiger partial charge in [0.25, 0.3) is 0 Å². The van der Waals surface area contributed by atoms with Crippen LogP contribution in [0, 0.1) is 0 Å². The quantitative estimate of drug-likeness (QED) is 0.165. The van der Waals surface area contributed by atoms with Crippen molar-refractivity contribution in [2.24, 2.45) is 0 Å². The highest BCUT2D eigenvalue weighted by Gasteiger charge is 2.29. The number of hydrogen-bond acceptors (Lipinski definition) is 5. The lowest BCUT2D eigenvalue weighted by Crippen LogP contribution is -2.15. The molecule has 0 radical (unpaired) electrons. The predicted molar refractivity (Wildman–Crippen MR) is 221 cm³/mol. The minimum Gasteiger partial charge on any atom is -0.308 e. The van der Waals surface area contributed by atoms with Crippen molar-refractivity contribution >= 4 is 121 Å². The van der Waals surface area contributed by atoms with Crippen molar-refractivity contribution in [1.29, 1.82) is 0 Å².